The average Bonchev–Trinajstić information content (AvgIpc) is 2.72. The van der Waals surface area contributed by atoms with Crippen LogP contribution in [-0.4, -0.2) is 0 Å². The molecule has 3 aliphatic rings. The molecule has 0 atom stereocenters. The Balaban J connectivity index is 1.81. The van der Waals surface area contributed by atoms with E-state index in [1.807, 2.05) is 0 Å². The van der Waals surface area contributed by atoms with Crippen molar-refractivity contribution in [3.8, 4) is 0 Å². The summed E-state index contributed by atoms with van der Waals surface area (Å²) in [6.07, 6.45) is 13.1. The molecule has 2 aliphatic carbocycles. The summed E-state index contributed by atoms with van der Waals surface area (Å²) in [5.74, 6) is 0. The van der Waals surface area contributed by atoms with E-state index in [1.54, 1.807) is 0 Å². The lowest BCUT2D eigenvalue weighted by Crippen LogP contribution is -2.35. The molecule has 0 radical (unpaired) electrons. The minimum Gasteiger partial charge on any atom is -0.359 e. The highest BCUT2D eigenvalue weighted by Gasteiger charge is 2.53. The fourth-order valence-electron chi connectivity index (χ4n) is 4.75. The number of hydrogen-bond donors (Lipinski definition) is 0. The van der Waals surface area contributed by atoms with Crippen LogP contribution in [0.3, 0.4) is 0 Å². The van der Waals surface area contributed by atoms with Crippen LogP contribution in [0.4, 0.5) is 0 Å². The van der Waals surface area contributed by atoms with Gasteiger partial charge in [0, 0.05) is 0 Å². The molecule has 1 nitrogen and oxygen atoms in total. The molecular weight excluding hydrogens is 232 g/mol. The normalized spacial score (nSPS) is 27.6. The summed E-state index contributed by atoms with van der Waals surface area (Å²) in [6.45, 7) is 0. The Hall–Kier alpha value is -0.820. The molecule has 1 aromatic rings. The van der Waals surface area contributed by atoms with Gasteiger partial charge in [0.1, 0.15) is 0 Å². The average molecular weight is 256 g/mol. The Morgan fingerprint density at radius 3 is 1.47 bits per heavy atom. The van der Waals surface area contributed by atoms with E-state index in [4.69, 9.17) is 4.74 Å². The van der Waals surface area contributed by atoms with Gasteiger partial charge in [0.05, 0.1) is 11.2 Å². The van der Waals surface area contributed by atoms with Crippen molar-refractivity contribution in [2.24, 2.45) is 0 Å². The Kier molecular flexibility index (Phi) is 2.73. The predicted octanol–water partition coefficient (Wildman–Crippen LogP) is 5.04. The Labute approximate surface area is 116 Å². The van der Waals surface area contributed by atoms with E-state index >= 15 is 0 Å². The molecule has 0 aromatic heterocycles. The van der Waals surface area contributed by atoms with Crippen molar-refractivity contribution >= 4 is 0 Å². The molecule has 2 fully saturated rings. The van der Waals surface area contributed by atoms with Crippen LogP contribution in [0.25, 0.3) is 0 Å². The van der Waals surface area contributed by atoms with Gasteiger partial charge in [-0.3, -0.25) is 0 Å². The van der Waals surface area contributed by atoms with Crippen molar-refractivity contribution in [3.63, 3.8) is 0 Å². The van der Waals surface area contributed by atoms with Crippen LogP contribution in [0.2, 0.25) is 0 Å². The molecule has 1 aromatic carbocycles. The molecule has 1 heterocycles. The number of ether oxygens (including phenoxy) is 1. The molecule has 19 heavy (non-hydrogen) atoms. The van der Waals surface area contributed by atoms with E-state index in [0.717, 1.165) is 0 Å². The predicted molar refractivity (Wildman–Crippen MR) is 77.1 cm³/mol. The monoisotopic (exact) mass is 256 g/mol. The summed E-state index contributed by atoms with van der Waals surface area (Å²) in [5, 5.41) is 0. The summed E-state index contributed by atoms with van der Waals surface area (Å²) in [4.78, 5) is 0. The molecular formula is C18H24O. The lowest BCUT2D eigenvalue weighted by molar-refractivity contribution is -0.172. The quantitative estimate of drug-likeness (QED) is 0.632. The first-order chi connectivity index (χ1) is 9.35. The number of fused-ring (bicyclic) bond motifs is 3. The van der Waals surface area contributed by atoms with Gasteiger partial charge in [-0.1, -0.05) is 62.8 Å². The molecule has 0 saturated heterocycles. The molecule has 1 heteroatoms. The summed E-state index contributed by atoms with van der Waals surface area (Å²) < 4.78 is 6.89. The van der Waals surface area contributed by atoms with Gasteiger partial charge in [-0.25, -0.2) is 0 Å². The molecule has 2 spiro atoms. The van der Waals surface area contributed by atoms with Crippen molar-refractivity contribution in [1.82, 2.24) is 0 Å². The third-order valence-electron chi connectivity index (χ3n) is 5.62. The van der Waals surface area contributed by atoms with E-state index in [0.29, 0.717) is 0 Å². The molecule has 0 unspecified atom stereocenters. The molecule has 0 N–H and O–H groups in total. The fraction of sp³-hybridized carbons (Fsp3) is 0.667. The lowest BCUT2D eigenvalue weighted by atomic mass is 9.76. The highest BCUT2D eigenvalue weighted by atomic mass is 16.5. The summed E-state index contributed by atoms with van der Waals surface area (Å²) in [5.41, 5.74) is 3.23. The van der Waals surface area contributed by atoms with E-state index in [9.17, 15) is 0 Å². The van der Waals surface area contributed by atoms with Crippen molar-refractivity contribution in [2.75, 3.05) is 0 Å². The first kappa shape index (κ1) is 12.0. The van der Waals surface area contributed by atoms with E-state index in [1.165, 1.54) is 75.3 Å². The van der Waals surface area contributed by atoms with Gasteiger partial charge in [-0.05, 0) is 36.8 Å². The highest BCUT2D eigenvalue weighted by Crippen LogP contribution is 2.58. The third-order valence-corrected chi connectivity index (χ3v) is 5.62. The Morgan fingerprint density at radius 1 is 0.632 bits per heavy atom. The second-order valence-corrected chi connectivity index (χ2v) is 6.76. The Morgan fingerprint density at radius 2 is 1.05 bits per heavy atom. The maximum absolute atomic E-state index is 6.89. The zero-order chi connectivity index (χ0) is 12.8. The van der Waals surface area contributed by atoms with E-state index in [2.05, 4.69) is 24.3 Å². The van der Waals surface area contributed by atoms with Gasteiger partial charge < -0.3 is 4.74 Å². The topological polar surface area (TPSA) is 9.23 Å². The van der Waals surface area contributed by atoms with Crippen molar-refractivity contribution < 1.29 is 4.74 Å². The summed E-state index contributed by atoms with van der Waals surface area (Å²) in [6, 6.07) is 9.12. The van der Waals surface area contributed by atoms with Crippen LogP contribution in [0, 0.1) is 0 Å². The van der Waals surface area contributed by atoms with Crippen molar-refractivity contribution in [2.45, 2.75) is 75.4 Å². The van der Waals surface area contributed by atoms with Crippen LogP contribution >= 0.6 is 0 Å². The zero-order valence-corrected chi connectivity index (χ0v) is 11.8. The number of rotatable bonds is 0. The fourth-order valence-corrected chi connectivity index (χ4v) is 4.75. The van der Waals surface area contributed by atoms with Gasteiger partial charge in [-0.2, -0.15) is 0 Å². The van der Waals surface area contributed by atoms with Crippen LogP contribution in [0.5, 0.6) is 0 Å². The standard InChI is InChI=1S/C18H24O/c1-5-11-17(12-6-1)15-9-3-4-10-16(15)18(19-17)13-7-2-8-14-18/h3-4,9-10H,1-2,5-8,11-14H2. The van der Waals surface area contributed by atoms with Gasteiger partial charge in [0.25, 0.3) is 0 Å². The second kappa shape index (κ2) is 4.34. The van der Waals surface area contributed by atoms with Crippen LogP contribution < -0.4 is 0 Å². The summed E-state index contributed by atoms with van der Waals surface area (Å²) in [7, 11) is 0. The van der Waals surface area contributed by atoms with Crippen LogP contribution in [-0.2, 0) is 15.9 Å². The minimum atomic E-state index is 0.0756. The maximum atomic E-state index is 6.89. The number of hydrogen-bond acceptors (Lipinski definition) is 1. The largest absolute Gasteiger partial charge is 0.359 e. The summed E-state index contributed by atoms with van der Waals surface area (Å²) >= 11 is 0. The maximum Gasteiger partial charge on any atom is 0.0947 e. The molecule has 4 rings (SSSR count). The van der Waals surface area contributed by atoms with Gasteiger partial charge in [-0.15, -0.1) is 0 Å². The van der Waals surface area contributed by atoms with Crippen LogP contribution in [0.15, 0.2) is 24.3 Å². The minimum absolute atomic E-state index is 0.0756. The second-order valence-electron chi connectivity index (χ2n) is 6.76. The molecule has 1 aliphatic heterocycles. The molecule has 2 saturated carbocycles. The first-order valence-corrected chi connectivity index (χ1v) is 8.15. The number of benzene rings is 1. The SMILES string of the molecule is c1ccc2c(c1)C1(CCCCC1)OC21CCCCC1. The van der Waals surface area contributed by atoms with E-state index in [-0.39, 0.29) is 11.2 Å². The van der Waals surface area contributed by atoms with Crippen molar-refractivity contribution in [3.05, 3.63) is 35.4 Å². The zero-order valence-electron chi connectivity index (χ0n) is 11.8. The van der Waals surface area contributed by atoms with E-state index < -0.39 is 0 Å². The van der Waals surface area contributed by atoms with Crippen LogP contribution in [0.1, 0.15) is 75.3 Å². The molecule has 102 valence electrons. The first-order valence-electron chi connectivity index (χ1n) is 8.15. The Bertz CT molecular complexity index is 421. The lowest BCUT2D eigenvalue weighted by Gasteiger charge is -2.40. The van der Waals surface area contributed by atoms with Crippen molar-refractivity contribution in [1.29, 1.82) is 0 Å². The van der Waals surface area contributed by atoms with Gasteiger partial charge in [0.2, 0.25) is 0 Å². The molecule has 0 amide bonds. The van der Waals surface area contributed by atoms with Gasteiger partial charge in [0.15, 0.2) is 0 Å². The third kappa shape index (κ3) is 1.71. The smallest absolute Gasteiger partial charge is 0.0947 e. The molecule has 0 bridgehead atoms. The van der Waals surface area contributed by atoms with Gasteiger partial charge >= 0.3 is 0 Å². The highest BCUT2D eigenvalue weighted by molar-refractivity contribution is 5.42.